The first-order chi connectivity index (χ1) is 12.9. The van der Waals surface area contributed by atoms with Gasteiger partial charge in [-0.05, 0) is 55.3 Å². The third-order valence-corrected chi connectivity index (χ3v) is 7.75. The van der Waals surface area contributed by atoms with Crippen molar-refractivity contribution in [3.05, 3.63) is 54.1 Å². The maximum absolute atomic E-state index is 12.5. The smallest absolute Gasteiger partial charge is 0.255 e. The molecule has 2 aromatic carbocycles. The molecular weight excluding hydrogens is 380 g/mol. The number of nitrogens with one attached hydrogen (secondary N) is 1. The highest BCUT2D eigenvalue weighted by molar-refractivity contribution is 8.00. The summed E-state index contributed by atoms with van der Waals surface area (Å²) in [5, 5.41) is 3.53. The lowest BCUT2D eigenvalue weighted by atomic mass is 10.2. The minimum absolute atomic E-state index is 0.100. The standard InChI is InChI=1S/C20H24N2O3S2/c1-22(2)27(24,25)19-9-5-6-15(14-19)20(23)21-16-10-12-18(13-11-16)26-17-7-3-4-8-17/h5-6,9-14,17H,3-4,7-8H2,1-2H3,(H,21,23). The fourth-order valence-electron chi connectivity index (χ4n) is 3.03. The molecule has 5 nitrogen and oxygen atoms in total. The molecule has 27 heavy (non-hydrogen) atoms. The zero-order valence-electron chi connectivity index (χ0n) is 15.5. The van der Waals surface area contributed by atoms with Crippen molar-refractivity contribution in [1.29, 1.82) is 0 Å². The molecule has 0 atom stereocenters. The monoisotopic (exact) mass is 404 g/mol. The minimum Gasteiger partial charge on any atom is -0.322 e. The van der Waals surface area contributed by atoms with E-state index in [1.54, 1.807) is 12.1 Å². The molecule has 1 N–H and O–H groups in total. The Morgan fingerprint density at radius 2 is 1.74 bits per heavy atom. The fourth-order valence-corrected chi connectivity index (χ4v) is 5.22. The second-order valence-electron chi connectivity index (χ2n) is 6.82. The molecule has 1 amide bonds. The number of carbonyl (C=O) groups is 1. The predicted molar refractivity (Wildman–Crippen MR) is 110 cm³/mol. The van der Waals surface area contributed by atoms with Crippen molar-refractivity contribution in [3.8, 4) is 0 Å². The van der Waals surface area contributed by atoms with Crippen LogP contribution in [-0.4, -0.2) is 38.0 Å². The number of hydrogen-bond donors (Lipinski definition) is 1. The Balaban J connectivity index is 1.68. The largest absolute Gasteiger partial charge is 0.322 e. The lowest BCUT2D eigenvalue weighted by Gasteiger charge is -2.12. The van der Waals surface area contributed by atoms with Crippen molar-refractivity contribution in [2.45, 2.75) is 40.7 Å². The zero-order valence-corrected chi connectivity index (χ0v) is 17.1. The summed E-state index contributed by atoms with van der Waals surface area (Å²) >= 11 is 1.90. The van der Waals surface area contributed by atoms with Gasteiger partial charge in [-0.1, -0.05) is 18.9 Å². The lowest BCUT2D eigenvalue weighted by molar-refractivity contribution is 0.102. The van der Waals surface area contributed by atoms with E-state index in [1.165, 1.54) is 56.8 Å². The van der Waals surface area contributed by atoms with Gasteiger partial charge in [0, 0.05) is 35.5 Å². The van der Waals surface area contributed by atoms with Crippen molar-refractivity contribution in [3.63, 3.8) is 0 Å². The van der Waals surface area contributed by atoms with Crippen LogP contribution in [0.5, 0.6) is 0 Å². The molecule has 2 aromatic rings. The zero-order chi connectivity index (χ0) is 19.4. The molecule has 0 bridgehead atoms. The molecule has 0 aromatic heterocycles. The van der Waals surface area contributed by atoms with E-state index in [0.29, 0.717) is 16.5 Å². The number of benzene rings is 2. The van der Waals surface area contributed by atoms with E-state index < -0.39 is 10.0 Å². The van der Waals surface area contributed by atoms with Gasteiger partial charge >= 0.3 is 0 Å². The highest BCUT2D eigenvalue weighted by Gasteiger charge is 2.19. The second kappa shape index (κ2) is 8.46. The van der Waals surface area contributed by atoms with E-state index >= 15 is 0 Å². The average Bonchev–Trinajstić information content (AvgIpc) is 3.16. The maximum atomic E-state index is 12.5. The summed E-state index contributed by atoms with van der Waals surface area (Å²) in [6.45, 7) is 0. The van der Waals surface area contributed by atoms with E-state index in [4.69, 9.17) is 0 Å². The van der Waals surface area contributed by atoms with E-state index in [2.05, 4.69) is 5.32 Å². The number of nitrogens with zero attached hydrogens (tertiary/aromatic N) is 1. The molecule has 0 spiro atoms. The van der Waals surface area contributed by atoms with Crippen LogP contribution in [0.25, 0.3) is 0 Å². The van der Waals surface area contributed by atoms with Crippen LogP contribution in [0, 0.1) is 0 Å². The van der Waals surface area contributed by atoms with Gasteiger partial charge < -0.3 is 5.32 Å². The van der Waals surface area contributed by atoms with E-state index in [9.17, 15) is 13.2 Å². The Labute approximate surface area is 165 Å². The number of thioether (sulfide) groups is 1. The highest BCUT2D eigenvalue weighted by Crippen LogP contribution is 2.35. The van der Waals surface area contributed by atoms with Crippen molar-refractivity contribution < 1.29 is 13.2 Å². The van der Waals surface area contributed by atoms with Gasteiger partial charge in [-0.3, -0.25) is 4.79 Å². The Morgan fingerprint density at radius 1 is 1.07 bits per heavy atom. The predicted octanol–water partition coefficient (Wildman–Crippen LogP) is 4.22. The summed E-state index contributed by atoms with van der Waals surface area (Å²) in [5.74, 6) is -0.331. The van der Waals surface area contributed by atoms with E-state index in [-0.39, 0.29) is 10.8 Å². The number of anilines is 1. The van der Waals surface area contributed by atoms with Gasteiger partial charge in [0.1, 0.15) is 0 Å². The van der Waals surface area contributed by atoms with E-state index in [1.807, 2.05) is 36.0 Å². The van der Waals surface area contributed by atoms with Crippen LogP contribution in [0.1, 0.15) is 36.0 Å². The molecule has 7 heteroatoms. The molecule has 144 valence electrons. The number of amides is 1. The summed E-state index contributed by atoms with van der Waals surface area (Å²) in [6, 6.07) is 13.9. The molecule has 0 unspecified atom stereocenters. The molecular formula is C20H24N2O3S2. The van der Waals surface area contributed by atoms with Crippen LogP contribution >= 0.6 is 11.8 Å². The van der Waals surface area contributed by atoms with Gasteiger partial charge in [0.05, 0.1) is 4.90 Å². The van der Waals surface area contributed by atoms with E-state index in [0.717, 1.165) is 4.31 Å². The molecule has 1 aliphatic carbocycles. The molecule has 3 rings (SSSR count). The van der Waals surface area contributed by atoms with Gasteiger partial charge in [0.15, 0.2) is 0 Å². The third-order valence-electron chi connectivity index (χ3n) is 4.59. The summed E-state index contributed by atoms with van der Waals surface area (Å²) in [5.41, 5.74) is 0.999. The molecule has 0 saturated heterocycles. The molecule has 0 heterocycles. The van der Waals surface area contributed by atoms with Crippen LogP contribution in [0.2, 0.25) is 0 Å². The first kappa shape index (κ1) is 19.9. The molecule has 1 fully saturated rings. The number of carbonyl (C=O) groups excluding carboxylic acids is 1. The Morgan fingerprint density at radius 3 is 2.37 bits per heavy atom. The van der Waals surface area contributed by atoms with Gasteiger partial charge in [-0.15, -0.1) is 11.8 Å². The second-order valence-corrected chi connectivity index (χ2v) is 10.3. The normalized spacial score (nSPS) is 15.2. The van der Waals surface area contributed by atoms with Crippen LogP contribution in [0.4, 0.5) is 5.69 Å². The summed E-state index contributed by atoms with van der Waals surface area (Å²) < 4.78 is 25.6. The highest BCUT2D eigenvalue weighted by atomic mass is 32.2. The van der Waals surface area contributed by atoms with Crippen molar-refractivity contribution in [2.75, 3.05) is 19.4 Å². The van der Waals surface area contributed by atoms with Gasteiger partial charge in [-0.25, -0.2) is 12.7 Å². The quantitative estimate of drug-likeness (QED) is 0.783. The summed E-state index contributed by atoms with van der Waals surface area (Å²) in [4.78, 5) is 13.8. The number of sulfonamides is 1. The van der Waals surface area contributed by atoms with Gasteiger partial charge in [0.25, 0.3) is 5.91 Å². The Bertz CT molecular complexity index is 903. The first-order valence-corrected chi connectivity index (χ1v) is 11.3. The fraction of sp³-hybridized carbons (Fsp3) is 0.350. The third kappa shape index (κ3) is 4.91. The van der Waals surface area contributed by atoms with Gasteiger partial charge in [0.2, 0.25) is 10.0 Å². The molecule has 1 saturated carbocycles. The molecule has 1 aliphatic rings. The average molecular weight is 405 g/mol. The molecule has 0 radical (unpaired) electrons. The van der Waals surface area contributed by atoms with Crippen LogP contribution in [-0.2, 0) is 10.0 Å². The van der Waals surface area contributed by atoms with Crippen LogP contribution < -0.4 is 5.32 Å². The maximum Gasteiger partial charge on any atom is 0.255 e. The summed E-state index contributed by atoms with van der Waals surface area (Å²) in [6.07, 6.45) is 5.17. The van der Waals surface area contributed by atoms with Gasteiger partial charge in [-0.2, -0.15) is 0 Å². The SMILES string of the molecule is CN(C)S(=O)(=O)c1cccc(C(=O)Nc2ccc(SC3CCCC3)cc2)c1. The van der Waals surface area contributed by atoms with Crippen molar-refractivity contribution in [1.82, 2.24) is 4.31 Å². The summed E-state index contributed by atoms with van der Waals surface area (Å²) in [7, 11) is -0.641. The Hall–Kier alpha value is -1.83. The lowest BCUT2D eigenvalue weighted by Crippen LogP contribution is -2.22. The van der Waals surface area contributed by atoms with Crippen LogP contribution in [0.3, 0.4) is 0 Å². The topological polar surface area (TPSA) is 66.5 Å². The number of rotatable bonds is 6. The number of hydrogen-bond acceptors (Lipinski definition) is 4. The Kier molecular flexibility index (Phi) is 6.24. The van der Waals surface area contributed by atoms with Crippen LogP contribution in [0.15, 0.2) is 58.3 Å². The minimum atomic E-state index is -3.57. The van der Waals surface area contributed by atoms with Crippen molar-refractivity contribution >= 4 is 33.4 Å². The first-order valence-electron chi connectivity index (χ1n) is 8.97. The molecule has 0 aliphatic heterocycles. The van der Waals surface area contributed by atoms with Crippen molar-refractivity contribution in [2.24, 2.45) is 0 Å².